The van der Waals surface area contributed by atoms with Gasteiger partial charge in [0, 0.05) is 23.0 Å². The zero-order valence-electron chi connectivity index (χ0n) is 21.1. The zero-order chi connectivity index (χ0) is 28.2. The van der Waals surface area contributed by atoms with Gasteiger partial charge in [0.2, 0.25) is 0 Å². The number of hydrogen-bond acceptors (Lipinski definition) is 5. The number of benzene rings is 1. The summed E-state index contributed by atoms with van der Waals surface area (Å²) in [7, 11) is 0. The van der Waals surface area contributed by atoms with Crippen LogP contribution < -0.4 is 16.0 Å². The first-order valence-electron chi connectivity index (χ1n) is 11.4. The Hall–Kier alpha value is -3.79. The van der Waals surface area contributed by atoms with E-state index in [2.05, 4.69) is 27.5 Å². The Morgan fingerprint density at radius 2 is 1.78 bits per heavy atom. The van der Waals surface area contributed by atoms with E-state index in [1.807, 2.05) is 20.6 Å². The van der Waals surface area contributed by atoms with Crippen LogP contribution in [0.3, 0.4) is 0 Å². The number of allylic oxidation sites excluding steroid dienone is 6. The molecule has 37 heavy (non-hydrogen) atoms. The van der Waals surface area contributed by atoms with Gasteiger partial charge in [0.05, 0.1) is 11.9 Å². The van der Waals surface area contributed by atoms with Gasteiger partial charge in [-0.15, -0.1) is 0 Å². The van der Waals surface area contributed by atoms with Gasteiger partial charge in [-0.2, -0.15) is 13.2 Å². The van der Waals surface area contributed by atoms with Crippen LogP contribution in [0.2, 0.25) is 0 Å². The summed E-state index contributed by atoms with van der Waals surface area (Å²) in [6.07, 6.45) is -0.389. The fraction of sp³-hybridized carbons (Fsp3) is 0.259. The highest BCUT2D eigenvalue weighted by molar-refractivity contribution is 6.05. The molecule has 0 saturated heterocycles. The number of nitrogens with zero attached hydrogens (tertiary/aromatic N) is 1. The van der Waals surface area contributed by atoms with E-state index in [0.717, 1.165) is 24.4 Å². The number of carbonyl (C=O) groups excluding carboxylic acids is 1. The summed E-state index contributed by atoms with van der Waals surface area (Å²) in [6, 6.07) is 6.49. The van der Waals surface area contributed by atoms with Gasteiger partial charge >= 0.3 is 6.18 Å². The molecule has 10 heteroatoms. The maximum absolute atomic E-state index is 14.3. The zero-order valence-corrected chi connectivity index (χ0v) is 21.1. The molecule has 0 bridgehead atoms. The lowest BCUT2D eigenvalue weighted by atomic mass is 10.0. The van der Waals surface area contributed by atoms with Crippen molar-refractivity contribution in [3.8, 4) is 0 Å². The Bertz CT molecular complexity index is 1120. The summed E-state index contributed by atoms with van der Waals surface area (Å²) >= 11 is 0. The van der Waals surface area contributed by atoms with Crippen molar-refractivity contribution in [2.45, 2.75) is 46.1 Å². The van der Waals surface area contributed by atoms with Crippen LogP contribution in [-0.2, 0) is 4.79 Å². The summed E-state index contributed by atoms with van der Waals surface area (Å²) in [5, 5.41) is 7.69. The predicted octanol–water partition coefficient (Wildman–Crippen LogP) is 6.39. The Labute approximate surface area is 213 Å². The SMILES string of the molecule is C=C1C=C(c2ccccc2)N=C(/C(=C\C(F)=C/C)C(NC2NC=C(F)C=C2C)C(F)(F)F)N1.C=O.CC. The number of carbonyl (C=O) groups is 1. The summed E-state index contributed by atoms with van der Waals surface area (Å²) in [5.41, 5.74) is 1.14. The van der Waals surface area contributed by atoms with Crippen LogP contribution in [0.1, 0.15) is 33.3 Å². The van der Waals surface area contributed by atoms with Gasteiger partial charge in [-0.1, -0.05) is 56.8 Å². The molecule has 0 aromatic heterocycles. The minimum absolute atomic E-state index is 0.202. The van der Waals surface area contributed by atoms with Crippen molar-refractivity contribution < 1.29 is 26.7 Å². The van der Waals surface area contributed by atoms with Crippen LogP contribution in [0.25, 0.3) is 5.70 Å². The molecule has 5 nitrogen and oxygen atoms in total. The van der Waals surface area contributed by atoms with E-state index in [-0.39, 0.29) is 5.84 Å². The molecular weight excluding hydrogens is 491 g/mol. The van der Waals surface area contributed by atoms with Crippen LogP contribution in [0, 0.1) is 0 Å². The fourth-order valence-electron chi connectivity index (χ4n) is 3.29. The molecule has 2 unspecified atom stereocenters. The quantitative estimate of drug-likeness (QED) is 0.299. The van der Waals surface area contributed by atoms with Gasteiger partial charge in [-0.25, -0.2) is 13.8 Å². The molecule has 0 radical (unpaired) electrons. The Kier molecular flexibility index (Phi) is 12.4. The molecule has 3 N–H and O–H groups in total. The van der Waals surface area contributed by atoms with Crippen molar-refractivity contribution in [1.29, 1.82) is 0 Å². The average molecular weight is 523 g/mol. The molecular formula is C27H31F5N4O. The van der Waals surface area contributed by atoms with Crippen LogP contribution in [0.15, 0.2) is 101 Å². The topological polar surface area (TPSA) is 65.5 Å². The number of nitrogens with one attached hydrogen (secondary N) is 3. The minimum atomic E-state index is -4.83. The third kappa shape index (κ3) is 8.98. The maximum Gasteiger partial charge on any atom is 0.408 e. The Morgan fingerprint density at radius 3 is 2.32 bits per heavy atom. The fourth-order valence-corrected chi connectivity index (χ4v) is 3.29. The second-order valence-electron chi connectivity index (χ2n) is 7.44. The molecule has 2 atom stereocenters. The number of amidine groups is 1. The third-order valence-corrected chi connectivity index (χ3v) is 4.91. The van der Waals surface area contributed by atoms with Gasteiger partial charge in [0.15, 0.2) is 0 Å². The number of dihydropyridines is 1. The standard InChI is InChI=1S/C24H23F5N4.C2H6.CH2O/c1-4-17(25)12-19(21(24(27,28)29)33-22-14(2)10-18(26)13-30-22)23-31-15(3)11-20(32-23)16-8-6-5-7-9-16;2*1-2/h4-13,21-22,30,33H,3H2,1-2H3,(H,31,32);1-2H3;1H2/b17-4+,19-12-;;. The number of hydrogen-bond donors (Lipinski definition) is 3. The first-order valence-corrected chi connectivity index (χ1v) is 11.4. The predicted molar refractivity (Wildman–Crippen MR) is 138 cm³/mol. The Balaban J connectivity index is 0.00000163. The summed E-state index contributed by atoms with van der Waals surface area (Å²) in [4.78, 5) is 12.3. The van der Waals surface area contributed by atoms with E-state index in [1.165, 1.54) is 13.8 Å². The monoisotopic (exact) mass is 522 g/mol. The van der Waals surface area contributed by atoms with Gasteiger partial charge in [-0.05, 0) is 37.6 Å². The molecule has 2 aliphatic rings. The molecule has 0 aliphatic carbocycles. The second kappa shape index (κ2) is 14.7. The normalized spacial score (nSPS) is 18.7. The van der Waals surface area contributed by atoms with E-state index in [1.54, 1.807) is 36.4 Å². The van der Waals surface area contributed by atoms with Crippen LogP contribution in [0.4, 0.5) is 22.0 Å². The van der Waals surface area contributed by atoms with Crippen molar-refractivity contribution in [1.82, 2.24) is 16.0 Å². The van der Waals surface area contributed by atoms with E-state index < -0.39 is 35.6 Å². The van der Waals surface area contributed by atoms with Crippen molar-refractivity contribution in [3.63, 3.8) is 0 Å². The van der Waals surface area contributed by atoms with Crippen molar-refractivity contribution in [3.05, 3.63) is 101 Å². The Morgan fingerprint density at radius 1 is 1.16 bits per heavy atom. The number of halogens is 5. The molecule has 200 valence electrons. The summed E-state index contributed by atoms with van der Waals surface area (Å²) in [5.74, 6) is -1.69. The lowest BCUT2D eigenvalue weighted by Gasteiger charge is -2.32. The highest BCUT2D eigenvalue weighted by Gasteiger charge is 2.45. The second-order valence-corrected chi connectivity index (χ2v) is 7.44. The maximum atomic E-state index is 14.3. The van der Waals surface area contributed by atoms with Crippen LogP contribution in [0.5, 0.6) is 0 Å². The highest BCUT2D eigenvalue weighted by atomic mass is 19.4. The number of rotatable bonds is 6. The van der Waals surface area contributed by atoms with Crippen LogP contribution in [-0.4, -0.2) is 31.0 Å². The minimum Gasteiger partial charge on any atom is -0.370 e. The summed E-state index contributed by atoms with van der Waals surface area (Å²) in [6.45, 7) is 12.7. The molecule has 2 heterocycles. The molecule has 0 amide bonds. The molecule has 3 rings (SSSR count). The van der Waals surface area contributed by atoms with Crippen LogP contribution >= 0.6 is 0 Å². The molecule has 0 saturated carbocycles. The van der Waals surface area contributed by atoms with Gasteiger partial charge in [0.1, 0.15) is 30.3 Å². The number of alkyl halides is 3. The van der Waals surface area contributed by atoms with Gasteiger partial charge in [-0.3, -0.25) is 5.32 Å². The highest BCUT2D eigenvalue weighted by Crippen LogP contribution is 2.31. The largest absolute Gasteiger partial charge is 0.408 e. The van der Waals surface area contributed by atoms with Gasteiger partial charge < -0.3 is 15.4 Å². The number of aliphatic imine (C=N–C) groups is 1. The van der Waals surface area contributed by atoms with E-state index in [4.69, 9.17) is 4.79 Å². The molecule has 0 spiro atoms. The molecule has 2 aliphatic heterocycles. The van der Waals surface area contributed by atoms with Crippen molar-refractivity contribution in [2.75, 3.05) is 0 Å². The first-order chi connectivity index (χ1) is 17.6. The summed E-state index contributed by atoms with van der Waals surface area (Å²) < 4.78 is 70.5. The average Bonchev–Trinajstić information content (AvgIpc) is 2.89. The lowest BCUT2D eigenvalue weighted by Crippen LogP contribution is -2.55. The van der Waals surface area contributed by atoms with Crippen molar-refractivity contribution in [2.24, 2.45) is 4.99 Å². The smallest absolute Gasteiger partial charge is 0.370 e. The lowest BCUT2D eigenvalue weighted by molar-refractivity contribution is -0.147. The molecule has 0 fully saturated rings. The molecule has 1 aromatic carbocycles. The van der Waals surface area contributed by atoms with Crippen molar-refractivity contribution >= 4 is 18.3 Å². The third-order valence-electron chi connectivity index (χ3n) is 4.91. The first kappa shape index (κ1) is 31.2. The van der Waals surface area contributed by atoms with E-state index in [0.29, 0.717) is 22.5 Å². The van der Waals surface area contributed by atoms with E-state index >= 15 is 0 Å². The van der Waals surface area contributed by atoms with Gasteiger partial charge in [0.25, 0.3) is 0 Å². The molecule has 1 aromatic rings. The van der Waals surface area contributed by atoms with E-state index in [9.17, 15) is 22.0 Å².